The predicted molar refractivity (Wildman–Crippen MR) is 61.4 cm³/mol. The van der Waals surface area contributed by atoms with Crippen LogP contribution in [0, 0.1) is 0 Å². The van der Waals surface area contributed by atoms with Crippen molar-refractivity contribution < 1.29 is 15.0 Å². The van der Waals surface area contributed by atoms with Gasteiger partial charge in [0.15, 0.2) is 0 Å². The minimum absolute atomic E-state index is 0.0994. The Kier molecular flexibility index (Phi) is 4.29. The Hall–Kier alpha value is -0.650. The molecule has 4 N–H and O–H groups in total. The number of rotatable bonds is 7. The monoisotopic (exact) mass is 230 g/mol. The van der Waals surface area contributed by atoms with Crippen LogP contribution in [0.3, 0.4) is 0 Å². The average molecular weight is 230 g/mol. The van der Waals surface area contributed by atoms with Crippen molar-refractivity contribution in [3.63, 3.8) is 0 Å². The molecule has 1 aliphatic rings. The van der Waals surface area contributed by atoms with E-state index in [0.717, 1.165) is 12.8 Å². The molecule has 94 valence electrons. The Morgan fingerprint density at radius 1 is 1.56 bits per heavy atom. The Morgan fingerprint density at radius 2 is 2.19 bits per heavy atom. The van der Waals surface area contributed by atoms with Crippen molar-refractivity contribution in [3.05, 3.63) is 0 Å². The molecule has 16 heavy (non-hydrogen) atoms. The summed E-state index contributed by atoms with van der Waals surface area (Å²) in [7, 11) is 0. The summed E-state index contributed by atoms with van der Waals surface area (Å²) in [5.74, 6) is -0.802. The summed E-state index contributed by atoms with van der Waals surface area (Å²) in [5, 5.41) is 25.1. The van der Waals surface area contributed by atoms with E-state index in [1.807, 2.05) is 6.92 Å². The van der Waals surface area contributed by atoms with Crippen LogP contribution in [0.5, 0.6) is 0 Å². The van der Waals surface area contributed by atoms with E-state index in [2.05, 4.69) is 10.6 Å². The number of hydrogen-bond acceptors (Lipinski definition) is 4. The first-order chi connectivity index (χ1) is 7.39. The Balaban J connectivity index is 2.42. The lowest BCUT2D eigenvalue weighted by atomic mass is 9.87. The number of β-amino-alcohol motifs (C(OH)–C–C–N with tert-alkyl or cyclic N) is 1. The molecule has 5 nitrogen and oxygen atoms in total. The quantitative estimate of drug-likeness (QED) is 0.493. The third kappa shape index (κ3) is 3.73. The molecule has 0 bridgehead atoms. The highest BCUT2D eigenvalue weighted by atomic mass is 16.4. The van der Waals surface area contributed by atoms with E-state index in [1.54, 1.807) is 6.92 Å². The maximum Gasteiger partial charge on any atom is 0.305 e. The number of hydrogen-bond donors (Lipinski definition) is 4. The van der Waals surface area contributed by atoms with Crippen LogP contribution in [-0.4, -0.2) is 47.0 Å². The van der Waals surface area contributed by atoms with E-state index < -0.39 is 11.6 Å². The second-order valence-electron chi connectivity index (χ2n) is 5.05. The normalized spacial score (nSPS) is 22.2. The Labute approximate surface area is 96.2 Å². The molecule has 0 radical (unpaired) electrons. The van der Waals surface area contributed by atoms with Gasteiger partial charge >= 0.3 is 5.97 Å². The maximum absolute atomic E-state index is 10.7. The van der Waals surface area contributed by atoms with Crippen molar-refractivity contribution in [3.8, 4) is 0 Å². The predicted octanol–water partition coefficient (Wildman–Crippen LogP) is -0.0562. The van der Waals surface area contributed by atoms with Gasteiger partial charge in [-0.15, -0.1) is 0 Å². The van der Waals surface area contributed by atoms with Crippen LogP contribution in [-0.2, 0) is 4.79 Å². The van der Waals surface area contributed by atoms with Crippen LogP contribution in [0.25, 0.3) is 0 Å². The molecule has 5 heteroatoms. The topological polar surface area (TPSA) is 81.6 Å². The maximum atomic E-state index is 10.7. The minimum atomic E-state index is -0.802. The number of nitrogens with one attached hydrogen (secondary N) is 2. The molecule has 0 aromatic heterocycles. The zero-order valence-corrected chi connectivity index (χ0v) is 10.0. The summed E-state index contributed by atoms with van der Waals surface area (Å²) < 4.78 is 0. The second kappa shape index (κ2) is 5.12. The van der Waals surface area contributed by atoms with Gasteiger partial charge in [-0.2, -0.15) is 0 Å². The highest BCUT2D eigenvalue weighted by Crippen LogP contribution is 2.18. The Bertz CT molecular complexity index is 250. The lowest BCUT2D eigenvalue weighted by Gasteiger charge is -2.44. The molecule has 1 atom stereocenters. The first-order valence-corrected chi connectivity index (χ1v) is 5.79. The van der Waals surface area contributed by atoms with Crippen molar-refractivity contribution in [2.24, 2.45) is 0 Å². The van der Waals surface area contributed by atoms with Crippen LogP contribution in [0.1, 0.15) is 33.1 Å². The fourth-order valence-corrected chi connectivity index (χ4v) is 2.03. The standard InChI is InChI=1S/C11H22N2O3/c1-3-4-10(2,16)6-13-11(5-9(14)15)7-12-8-11/h12-13,16H,3-8H2,1-2H3,(H,14,15). The van der Waals surface area contributed by atoms with E-state index in [9.17, 15) is 9.90 Å². The molecule has 1 saturated heterocycles. The summed E-state index contributed by atoms with van der Waals surface area (Å²) in [4.78, 5) is 10.7. The van der Waals surface area contributed by atoms with E-state index in [4.69, 9.17) is 5.11 Å². The van der Waals surface area contributed by atoms with Gasteiger partial charge in [0.2, 0.25) is 0 Å². The van der Waals surface area contributed by atoms with Gasteiger partial charge in [0.05, 0.1) is 17.6 Å². The third-order valence-electron chi connectivity index (χ3n) is 3.05. The van der Waals surface area contributed by atoms with Crippen molar-refractivity contribution in [1.29, 1.82) is 0 Å². The number of carbonyl (C=O) groups is 1. The van der Waals surface area contributed by atoms with Crippen LogP contribution in [0.4, 0.5) is 0 Å². The number of aliphatic hydroxyl groups is 1. The molecule has 1 heterocycles. The molecular weight excluding hydrogens is 208 g/mol. The molecule has 0 amide bonds. The molecular formula is C11H22N2O3. The van der Waals surface area contributed by atoms with Crippen molar-refractivity contribution in [2.75, 3.05) is 19.6 Å². The van der Waals surface area contributed by atoms with Crippen LogP contribution < -0.4 is 10.6 Å². The average Bonchev–Trinajstić information content (AvgIpc) is 2.09. The fraction of sp³-hybridized carbons (Fsp3) is 0.909. The summed E-state index contributed by atoms with van der Waals surface area (Å²) in [6.07, 6.45) is 1.73. The number of carboxylic acids is 1. The summed E-state index contributed by atoms with van der Waals surface area (Å²) in [6, 6.07) is 0. The number of aliphatic carboxylic acids is 1. The fourth-order valence-electron chi connectivity index (χ4n) is 2.03. The molecule has 0 spiro atoms. The van der Waals surface area contributed by atoms with E-state index in [0.29, 0.717) is 19.6 Å². The van der Waals surface area contributed by atoms with E-state index >= 15 is 0 Å². The molecule has 1 unspecified atom stereocenters. The van der Waals surface area contributed by atoms with E-state index in [1.165, 1.54) is 0 Å². The van der Waals surface area contributed by atoms with Gasteiger partial charge in [0.1, 0.15) is 0 Å². The SMILES string of the molecule is CCCC(C)(O)CNC1(CC(=O)O)CNC1. The van der Waals surface area contributed by atoms with Gasteiger partial charge in [-0.3, -0.25) is 4.79 Å². The zero-order valence-electron chi connectivity index (χ0n) is 10.0. The molecule has 1 aliphatic heterocycles. The molecule has 0 aromatic carbocycles. The summed E-state index contributed by atoms with van der Waals surface area (Å²) >= 11 is 0. The lowest BCUT2D eigenvalue weighted by Crippen LogP contribution is -2.70. The van der Waals surface area contributed by atoms with Crippen LogP contribution >= 0.6 is 0 Å². The van der Waals surface area contributed by atoms with Gasteiger partial charge < -0.3 is 20.8 Å². The molecule has 1 fully saturated rings. The first-order valence-electron chi connectivity index (χ1n) is 5.79. The van der Waals surface area contributed by atoms with Crippen LogP contribution in [0.15, 0.2) is 0 Å². The second-order valence-corrected chi connectivity index (χ2v) is 5.05. The lowest BCUT2D eigenvalue weighted by molar-refractivity contribution is -0.139. The van der Waals surface area contributed by atoms with Gasteiger partial charge in [-0.05, 0) is 13.3 Å². The minimum Gasteiger partial charge on any atom is -0.481 e. The Morgan fingerprint density at radius 3 is 2.56 bits per heavy atom. The summed E-state index contributed by atoms with van der Waals surface area (Å²) in [5.41, 5.74) is -1.13. The molecule has 1 rings (SSSR count). The van der Waals surface area contributed by atoms with E-state index in [-0.39, 0.29) is 12.0 Å². The molecule has 0 aromatic rings. The summed E-state index contributed by atoms with van der Waals surface area (Å²) in [6.45, 7) is 5.55. The molecule has 0 saturated carbocycles. The highest BCUT2D eigenvalue weighted by Gasteiger charge is 2.39. The van der Waals surface area contributed by atoms with Crippen molar-refractivity contribution in [1.82, 2.24) is 10.6 Å². The van der Waals surface area contributed by atoms with Crippen molar-refractivity contribution >= 4 is 5.97 Å². The highest BCUT2D eigenvalue weighted by molar-refractivity contribution is 5.68. The smallest absolute Gasteiger partial charge is 0.305 e. The number of carboxylic acid groups (broad SMARTS) is 1. The van der Waals surface area contributed by atoms with Gasteiger partial charge in [-0.25, -0.2) is 0 Å². The van der Waals surface area contributed by atoms with Crippen LogP contribution in [0.2, 0.25) is 0 Å². The zero-order chi connectivity index (χ0) is 12.2. The van der Waals surface area contributed by atoms with Gasteiger partial charge in [0, 0.05) is 19.6 Å². The largest absolute Gasteiger partial charge is 0.481 e. The van der Waals surface area contributed by atoms with Gasteiger partial charge in [0.25, 0.3) is 0 Å². The molecule has 0 aliphatic carbocycles. The van der Waals surface area contributed by atoms with Crippen molar-refractivity contribution in [2.45, 2.75) is 44.2 Å². The third-order valence-corrected chi connectivity index (χ3v) is 3.05. The first kappa shape index (κ1) is 13.4. The van der Waals surface area contributed by atoms with Gasteiger partial charge in [-0.1, -0.05) is 13.3 Å².